The van der Waals surface area contributed by atoms with Crippen molar-refractivity contribution in [3.63, 3.8) is 0 Å². The molecule has 1 rings (SSSR count). The van der Waals surface area contributed by atoms with Gasteiger partial charge in [-0.05, 0) is 5.92 Å². The summed E-state index contributed by atoms with van der Waals surface area (Å²) in [5.74, 6) is 7.16. The van der Waals surface area contributed by atoms with Gasteiger partial charge in [-0.3, -0.25) is 5.43 Å². The molecule has 0 amide bonds. The number of hydrazine groups is 1. The number of nitrogens with zero attached hydrogens (tertiary/aromatic N) is 2. The minimum absolute atomic E-state index is 0.389. The van der Waals surface area contributed by atoms with Gasteiger partial charge < -0.3 is 0 Å². The summed E-state index contributed by atoms with van der Waals surface area (Å²) in [6, 6.07) is 0. The van der Waals surface area contributed by atoms with E-state index in [9.17, 15) is 0 Å². The number of nitrogens with two attached hydrogens (primary N) is 1. The molecule has 14 heavy (non-hydrogen) atoms. The zero-order valence-corrected chi connectivity index (χ0v) is 9.69. The molecular weight excluding hydrogens is 220 g/mol. The quantitative estimate of drug-likeness (QED) is 0.361. The molecule has 0 fully saturated rings. The molecule has 1 aromatic rings. The molecule has 0 saturated carbocycles. The van der Waals surface area contributed by atoms with Crippen LogP contribution < -0.4 is 11.3 Å². The Balaban J connectivity index is 2.73. The summed E-state index contributed by atoms with van der Waals surface area (Å²) in [5, 5.41) is 1.33. The molecule has 3 N–H and O–H groups in total. The first-order chi connectivity index (χ1) is 6.63. The molecule has 1 heterocycles. The lowest BCUT2D eigenvalue weighted by atomic mass is 10.3. The molecule has 0 radical (unpaired) electrons. The van der Waals surface area contributed by atoms with E-state index < -0.39 is 0 Å². The molecule has 1 aromatic heterocycles. The molecule has 0 aromatic carbocycles. The molecule has 0 aliphatic rings. The minimum Gasteiger partial charge on any atom is -0.292 e. The number of hydrogen-bond acceptors (Lipinski definition) is 5. The van der Waals surface area contributed by atoms with Gasteiger partial charge in [-0.15, -0.1) is 11.8 Å². The zero-order chi connectivity index (χ0) is 10.6. The second-order valence-electron chi connectivity index (χ2n) is 3.20. The highest BCUT2D eigenvalue weighted by atomic mass is 35.5. The summed E-state index contributed by atoms with van der Waals surface area (Å²) in [4.78, 5) is 8.04. The van der Waals surface area contributed by atoms with Gasteiger partial charge in [0.2, 0.25) is 5.95 Å². The second kappa shape index (κ2) is 5.38. The van der Waals surface area contributed by atoms with Crippen LogP contribution in [0.4, 0.5) is 5.95 Å². The van der Waals surface area contributed by atoms with Gasteiger partial charge in [0.25, 0.3) is 0 Å². The normalized spacial score (nSPS) is 10.6. The van der Waals surface area contributed by atoms with E-state index in [1.807, 2.05) is 0 Å². The van der Waals surface area contributed by atoms with Crippen molar-refractivity contribution >= 4 is 29.3 Å². The molecule has 6 heteroatoms. The second-order valence-corrected chi connectivity index (χ2v) is 4.61. The van der Waals surface area contributed by atoms with Gasteiger partial charge in [-0.2, -0.15) is 0 Å². The van der Waals surface area contributed by atoms with Crippen LogP contribution >= 0.6 is 23.4 Å². The van der Waals surface area contributed by atoms with Crippen LogP contribution in [0.25, 0.3) is 0 Å². The number of rotatable bonds is 4. The maximum atomic E-state index is 5.92. The molecular formula is C8H13ClN4S. The van der Waals surface area contributed by atoms with Gasteiger partial charge in [-0.25, -0.2) is 15.8 Å². The number of aromatic nitrogens is 2. The van der Waals surface area contributed by atoms with Crippen molar-refractivity contribution in [1.82, 2.24) is 9.97 Å². The topological polar surface area (TPSA) is 63.8 Å². The van der Waals surface area contributed by atoms with Crippen LogP contribution in [0.3, 0.4) is 0 Å². The number of nitrogens with one attached hydrogen (secondary N) is 1. The molecule has 0 bridgehead atoms. The summed E-state index contributed by atoms with van der Waals surface area (Å²) < 4.78 is 0. The Bertz CT molecular complexity index is 305. The van der Waals surface area contributed by atoms with Crippen LogP contribution in [0.15, 0.2) is 11.2 Å². The first-order valence-corrected chi connectivity index (χ1v) is 5.61. The number of nitrogen functional groups attached to an aromatic ring is 1. The van der Waals surface area contributed by atoms with E-state index in [0.717, 1.165) is 10.8 Å². The first-order valence-electron chi connectivity index (χ1n) is 4.25. The zero-order valence-electron chi connectivity index (χ0n) is 8.12. The Morgan fingerprint density at radius 1 is 1.64 bits per heavy atom. The van der Waals surface area contributed by atoms with E-state index >= 15 is 0 Å². The largest absolute Gasteiger partial charge is 0.292 e. The fourth-order valence-electron chi connectivity index (χ4n) is 0.768. The Morgan fingerprint density at radius 2 is 2.36 bits per heavy atom. The highest BCUT2D eigenvalue weighted by Crippen LogP contribution is 2.26. The van der Waals surface area contributed by atoms with Crippen molar-refractivity contribution in [3.05, 3.63) is 11.2 Å². The van der Waals surface area contributed by atoms with Crippen LogP contribution in [-0.2, 0) is 0 Å². The average molecular weight is 233 g/mol. The van der Waals surface area contributed by atoms with Crippen molar-refractivity contribution in [2.75, 3.05) is 11.2 Å². The Labute approximate surface area is 92.6 Å². The smallest absolute Gasteiger partial charge is 0.238 e. The summed E-state index contributed by atoms with van der Waals surface area (Å²) in [6.45, 7) is 4.29. The highest BCUT2D eigenvalue weighted by Gasteiger charge is 2.06. The molecule has 78 valence electrons. The van der Waals surface area contributed by atoms with E-state index in [-0.39, 0.29) is 0 Å². The SMILES string of the molecule is CC(C)CSc1nc(NN)ncc1Cl. The van der Waals surface area contributed by atoms with E-state index in [1.54, 1.807) is 18.0 Å². The number of anilines is 1. The molecule has 0 spiro atoms. The van der Waals surface area contributed by atoms with Crippen molar-refractivity contribution < 1.29 is 0 Å². The van der Waals surface area contributed by atoms with E-state index in [0.29, 0.717) is 16.9 Å². The lowest BCUT2D eigenvalue weighted by Crippen LogP contribution is -2.10. The third-order valence-electron chi connectivity index (χ3n) is 1.39. The third kappa shape index (κ3) is 3.32. The van der Waals surface area contributed by atoms with Gasteiger partial charge in [0, 0.05) is 5.75 Å². The predicted molar refractivity (Wildman–Crippen MR) is 60.4 cm³/mol. The van der Waals surface area contributed by atoms with Gasteiger partial charge in [0.1, 0.15) is 5.03 Å². The number of thioether (sulfide) groups is 1. The maximum absolute atomic E-state index is 5.92. The van der Waals surface area contributed by atoms with Gasteiger partial charge in [0.05, 0.1) is 11.2 Å². The van der Waals surface area contributed by atoms with Crippen LogP contribution in [0.2, 0.25) is 5.02 Å². The fourth-order valence-corrected chi connectivity index (χ4v) is 1.86. The summed E-state index contributed by atoms with van der Waals surface area (Å²) in [6.07, 6.45) is 1.55. The van der Waals surface area contributed by atoms with Crippen molar-refractivity contribution in [2.45, 2.75) is 18.9 Å². The van der Waals surface area contributed by atoms with Crippen molar-refractivity contribution in [3.8, 4) is 0 Å². The number of hydrogen-bond donors (Lipinski definition) is 2. The van der Waals surface area contributed by atoms with Crippen LogP contribution in [0, 0.1) is 5.92 Å². The monoisotopic (exact) mass is 232 g/mol. The number of halogens is 1. The molecule has 0 aliphatic heterocycles. The molecule has 4 nitrogen and oxygen atoms in total. The molecule has 0 unspecified atom stereocenters. The Hall–Kier alpha value is -0.520. The first kappa shape index (κ1) is 11.6. The van der Waals surface area contributed by atoms with Gasteiger partial charge >= 0.3 is 0 Å². The van der Waals surface area contributed by atoms with Gasteiger partial charge in [-0.1, -0.05) is 25.4 Å². The fraction of sp³-hybridized carbons (Fsp3) is 0.500. The average Bonchev–Trinajstić information content (AvgIpc) is 2.16. The summed E-state index contributed by atoms with van der Waals surface area (Å²) >= 11 is 7.53. The maximum Gasteiger partial charge on any atom is 0.238 e. The van der Waals surface area contributed by atoms with Crippen molar-refractivity contribution in [2.24, 2.45) is 11.8 Å². The van der Waals surface area contributed by atoms with Crippen LogP contribution in [-0.4, -0.2) is 15.7 Å². The van der Waals surface area contributed by atoms with E-state index in [1.165, 1.54) is 0 Å². The van der Waals surface area contributed by atoms with Gasteiger partial charge in [0.15, 0.2) is 0 Å². The summed E-state index contributed by atoms with van der Waals surface area (Å²) in [5.41, 5.74) is 2.39. The Morgan fingerprint density at radius 3 is 2.93 bits per heavy atom. The third-order valence-corrected chi connectivity index (χ3v) is 3.20. The van der Waals surface area contributed by atoms with E-state index in [4.69, 9.17) is 17.4 Å². The predicted octanol–water partition coefficient (Wildman–Crippen LogP) is 2.16. The summed E-state index contributed by atoms with van der Waals surface area (Å²) in [7, 11) is 0. The highest BCUT2D eigenvalue weighted by molar-refractivity contribution is 7.99. The molecule has 0 aliphatic carbocycles. The molecule has 0 saturated heterocycles. The van der Waals surface area contributed by atoms with Crippen LogP contribution in [0.1, 0.15) is 13.8 Å². The van der Waals surface area contributed by atoms with E-state index in [2.05, 4.69) is 29.2 Å². The lowest BCUT2D eigenvalue weighted by molar-refractivity contribution is 0.749. The minimum atomic E-state index is 0.389. The standard InChI is InChI=1S/C8H13ClN4S/c1-5(2)4-14-7-6(9)3-11-8(12-7)13-10/h3,5H,4,10H2,1-2H3,(H,11,12,13). The van der Waals surface area contributed by atoms with Crippen molar-refractivity contribution in [1.29, 1.82) is 0 Å². The lowest BCUT2D eigenvalue weighted by Gasteiger charge is -2.06. The van der Waals surface area contributed by atoms with Crippen LogP contribution in [0.5, 0.6) is 0 Å². The molecule has 0 atom stereocenters. The Kier molecular flexibility index (Phi) is 4.44.